The maximum Gasteiger partial charge on any atom is 0.321 e. The molecule has 1 N–H and O–H groups in total. The first-order valence-electron chi connectivity index (χ1n) is 10.0. The molecule has 156 valence electrons. The summed E-state index contributed by atoms with van der Waals surface area (Å²) in [6.45, 7) is 7.87. The van der Waals surface area contributed by atoms with Gasteiger partial charge >= 0.3 is 6.03 Å². The molecule has 2 heterocycles. The molecule has 1 aliphatic heterocycles. The Labute approximate surface area is 180 Å². The number of carbonyl (C=O) groups is 1. The van der Waals surface area contributed by atoms with Crippen molar-refractivity contribution in [3.63, 3.8) is 0 Å². The molecule has 1 aliphatic rings. The quantitative estimate of drug-likeness (QED) is 0.647. The number of aryl methyl sites for hydroxylation is 2. The van der Waals surface area contributed by atoms with Crippen LogP contribution in [0.5, 0.6) is 0 Å². The van der Waals surface area contributed by atoms with Gasteiger partial charge in [-0.3, -0.25) is 4.90 Å². The molecule has 7 heteroatoms. The number of hydrogen-bond acceptors (Lipinski definition) is 4. The Morgan fingerprint density at radius 2 is 1.80 bits per heavy atom. The van der Waals surface area contributed by atoms with Gasteiger partial charge < -0.3 is 10.2 Å². The Hall–Kier alpha value is -2.77. The number of anilines is 1. The van der Waals surface area contributed by atoms with E-state index in [-0.39, 0.29) is 11.8 Å². The highest BCUT2D eigenvalue weighted by atomic mass is 32.1. The summed E-state index contributed by atoms with van der Waals surface area (Å²) in [5.74, 6) is -0.242. The highest BCUT2D eigenvalue weighted by Crippen LogP contribution is 2.23. The number of amides is 2. The fraction of sp³-hybridized carbons (Fsp3) is 0.304. The number of rotatable bonds is 4. The second-order valence-electron chi connectivity index (χ2n) is 7.63. The molecule has 0 atom stereocenters. The first-order chi connectivity index (χ1) is 14.5. The first-order valence-corrected chi connectivity index (χ1v) is 10.9. The Balaban J connectivity index is 1.29. The zero-order valence-corrected chi connectivity index (χ0v) is 18.0. The van der Waals surface area contributed by atoms with Crippen LogP contribution in [0.1, 0.15) is 16.1 Å². The molecule has 30 heavy (non-hydrogen) atoms. The van der Waals surface area contributed by atoms with Crippen molar-refractivity contribution in [2.45, 2.75) is 20.4 Å². The summed E-state index contributed by atoms with van der Waals surface area (Å²) in [5.41, 5.74) is 5.02. The Kier molecular flexibility index (Phi) is 6.11. The molecule has 0 unspecified atom stereocenters. The van der Waals surface area contributed by atoms with Crippen molar-refractivity contribution in [1.29, 1.82) is 0 Å². The minimum Gasteiger partial charge on any atom is -0.322 e. The van der Waals surface area contributed by atoms with Gasteiger partial charge in [-0.2, -0.15) is 0 Å². The van der Waals surface area contributed by atoms with Crippen LogP contribution in [0.15, 0.2) is 47.8 Å². The van der Waals surface area contributed by atoms with Gasteiger partial charge in [0.25, 0.3) is 0 Å². The van der Waals surface area contributed by atoms with Crippen molar-refractivity contribution in [1.82, 2.24) is 14.8 Å². The van der Waals surface area contributed by atoms with Crippen LogP contribution in [-0.4, -0.2) is 47.0 Å². The highest BCUT2D eigenvalue weighted by Gasteiger charge is 2.22. The van der Waals surface area contributed by atoms with Gasteiger partial charge in [-0.1, -0.05) is 6.07 Å². The second-order valence-corrected chi connectivity index (χ2v) is 8.57. The van der Waals surface area contributed by atoms with Gasteiger partial charge in [0.2, 0.25) is 0 Å². The summed E-state index contributed by atoms with van der Waals surface area (Å²) in [6.07, 6.45) is 0. The maximum absolute atomic E-state index is 13.1. The molecule has 1 saturated heterocycles. The Morgan fingerprint density at radius 3 is 2.50 bits per heavy atom. The molecular weight excluding hydrogens is 399 g/mol. The van der Waals surface area contributed by atoms with Crippen LogP contribution in [-0.2, 0) is 6.54 Å². The third-order valence-corrected chi connectivity index (χ3v) is 6.30. The van der Waals surface area contributed by atoms with Gasteiger partial charge in [-0.05, 0) is 61.4 Å². The number of hydrogen-bond donors (Lipinski definition) is 1. The predicted octanol–water partition coefficient (Wildman–Crippen LogP) is 4.92. The predicted molar refractivity (Wildman–Crippen MR) is 119 cm³/mol. The molecule has 0 bridgehead atoms. The zero-order valence-electron chi connectivity index (χ0n) is 17.2. The van der Waals surface area contributed by atoms with Crippen LogP contribution in [0, 0.1) is 19.7 Å². The summed E-state index contributed by atoms with van der Waals surface area (Å²) in [7, 11) is 0. The van der Waals surface area contributed by atoms with Gasteiger partial charge in [0, 0.05) is 42.8 Å². The van der Waals surface area contributed by atoms with E-state index < -0.39 is 0 Å². The van der Waals surface area contributed by atoms with E-state index in [4.69, 9.17) is 4.98 Å². The van der Waals surface area contributed by atoms with Gasteiger partial charge in [0.15, 0.2) is 0 Å². The van der Waals surface area contributed by atoms with Crippen LogP contribution in [0.2, 0.25) is 0 Å². The maximum atomic E-state index is 13.1. The number of urea groups is 1. The largest absolute Gasteiger partial charge is 0.322 e. The van der Waals surface area contributed by atoms with E-state index in [1.54, 1.807) is 23.5 Å². The molecule has 2 aromatic carbocycles. The van der Waals surface area contributed by atoms with Gasteiger partial charge in [-0.25, -0.2) is 14.2 Å². The van der Waals surface area contributed by atoms with E-state index >= 15 is 0 Å². The summed E-state index contributed by atoms with van der Waals surface area (Å²) in [6, 6.07) is 12.3. The van der Waals surface area contributed by atoms with Crippen molar-refractivity contribution in [3.05, 3.63) is 69.8 Å². The summed E-state index contributed by atoms with van der Waals surface area (Å²) >= 11 is 1.61. The lowest BCUT2D eigenvalue weighted by Crippen LogP contribution is -2.49. The zero-order chi connectivity index (χ0) is 21.1. The molecule has 0 spiro atoms. The van der Waals surface area contributed by atoms with Gasteiger partial charge in [0.05, 0.1) is 12.2 Å². The number of nitrogens with one attached hydrogen (secondary N) is 1. The monoisotopic (exact) mass is 424 g/mol. The normalized spacial score (nSPS) is 14.7. The van der Waals surface area contributed by atoms with Crippen LogP contribution in [0.25, 0.3) is 11.3 Å². The lowest BCUT2D eigenvalue weighted by atomic mass is 10.1. The van der Waals surface area contributed by atoms with Crippen LogP contribution in [0.4, 0.5) is 14.9 Å². The smallest absolute Gasteiger partial charge is 0.321 e. The minimum absolute atomic E-state index is 0.0502. The van der Waals surface area contributed by atoms with E-state index in [1.807, 2.05) is 35.4 Å². The molecule has 0 radical (unpaired) electrons. The number of thiazole rings is 1. The first kappa shape index (κ1) is 20.5. The van der Waals surface area contributed by atoms with E-state index in [0.29, 0.717) is 13.1 Å². The number of carbonyl (C=O) groups excluding carboxylic acids is 1. The summed E-state index contributed by atoms with van der Waals surface area (Å²) < 4.78 is 13.1. The molecule has 1 fully saturated rings. The van der Waals surface area contributed by atoms with E-state index in [0.717, 1.165) is 41.6 Å². The van der Waals surface area contributed by atoms with Gasteiger partial charge in [-0.15, -0.1) is 11.3 Å². The second kappa shape index (κ2) is 8.93. The van der Waals surface area contributed by atoms with Crippen LogP contribution >= 0.6 is 11.3 Å². The third-order valence-electron chi connectivity index (χ3n) is 5.47. The number of piperazine rings is 1. The van der Waals surface area contributed by atoms with Crippen molar-refractivity contribution in [3.8, 4) is 11.3 Å². The van der Waals surface area contributed by atoms with E-state index in [9.17, 15) is 9.18 Å². The highest BCUT2D eigenvalue weighted by molar-refractivity contribution is 7.09. The average molecular weight is 425 g/mol. The third kappa shape index (κ3) is 4.86. The van der Waals surface area contributed by atoms with Gasteiger partial charge in [0.1, 0.15) is 10.8 Å². The lowest BCUT2D eigenvalue weighted by molar-refractivity contribution is 0.143. The SMILES string of the molecule is Cc1ccc(NC(=O)N2CCN(Cc3nc(-c4ccc(F)cc4)cs3)CC2)cc1C. The summed E-state index contributed by atoms with van der Waals surface area (Å²) in [4.78, 5) is 21.4. The van der Waals surface area contributed by atoms with E-state index in [2.05, 4.69) is 17.1 Å². The van der Waals surface area contributed by atoms with Crippen molar-refractivity contribution < 1.29 is 9.18 Å². The molecule has 3 aromatic rings. The lowest BCUT2D eigenvalue weighted by Gasteiger charge is -2.34. The van der Waals surface area contributed by atoms with Crippen molar-refractivity contribution in [2.75, 3.05) is 31.5 Å². The molecular formula is C23H25FN4OS. The summed E-state index contributed by atoms with van der Waals surface area (Å²) in [5, 5.41) is 6.04. The minimum atomic E-state index is -0.242. The van der Waals surface area contributed by atoms with Crippen LogP contribution in [0.3, 0.4) is 0 Å². The molecule has 1 aromatic heterocycles. The molecule has 0 aliphatic carbocycles. The fourth-order valence-electron chi connectivity index (χ4n) is 3.46. The Morgan fingerprint density at radius 1 is 1.07 bits per heavy atom. The number of halogens is 1. The standard InChI is InChI=1S/C23H25FN4OS/c1-16-3-8-20(13-17(16)2)25-23(29)28-11-9-27(10-12-28)14-22-26-21(15-30-22)18-4-6-19(24)7-5-18/h3-8,13,15H,9-12,14H2,1-2H3,(H,25,29). The Bertz CT molecular complexity index is 1030. The van der Waals surface area contributed by atoms with Crippen molar-refractivity contribution in [2.24, 2.45) is 0 Å². The molecule has 4 rings (SSSR count). The van der Waals surface area contributed by atoms with Crippen molar-refractivity contribution >= 4 is 23.1 Å². The van der Waals surface area contributed by atoms with E-state index in [1.165, 1.54) is 23.3 Å². The number of benzene rings is 2. The van der Waals surface area contributed by atoms with Crippen LogP contribution < -0.4 is 5.32 Å². The topological polar surface area (TPSA) is 48.5 Å². The fourth-order valence-corrected chi connectivity index (χ4v) is 4.30. The number of nitrogens with zero attached hydrogens (tertiary/aromatic N) is 3. The molecule has 2 amide bonds. The molecule has 0 saturated carbocycles. The average Bonchev–Trinajstić information content (AvgIpc) is 3.20. The molecule has 5 nitrogen and oxygen atoms in total. The number of aromatic nitrogens is 1.